The van der Waals surface area contributed by atoms with E-state index in [0.29, 0.717) is 73.7 Å². The smallest absolute Gasteiger partial charge is 0.253 e. The highest BCUT2D eigenvalue weighted by atomic mass is 16.5. The molecule has 1 aliphatic heterocycles. The van der Waals surface area contributed by atoms with E-state index in [2.05, 4.69) is 15.3 Å². The summed E-state index contributed by atoms with van der Waals surface area (Å²) in [5, 5.41) is 4.22. The number of piperidine rings is 1. The zero-order valence-electron chi connectivity index (χ0n) is 26.2. The van der Waals surface area contributed by atoms with E-state index in [1.807, 2.05) is 60.4 Å². The summed E-state index contributed by atoms with van der Waals surface area (Å²) in [6, 6.07) is 17.0. The molecule has 1 aliphatic rings. The van der Waals surface area contributed by atoms with Crippen molar-refractivity contribution in [2.75, 3.05) is 66.2 Å². The lowest BCUT2D eigenvalue weighted by Crippen LogP contribution is -2.41. The minimum Gasteiger partial charge on any atom is -0.497 e. The molecule has 5 rings (SSSR count). The molecule has 1 aromatic heterocycles. The first kappa shape index (κ1) is 31.8. The topological polar surface area (TPSA) is 114 Å². The van der Waals surface area contributed by atoms with E-state index in [1.165, 1.54) is 6.33 Å². The zero-order chi connectivity index (χ0) is 31.6. The third-order valence-corrected chi connectivity index (χ3v) is 7.57. The number of carbonyl (C=O) groups excluding carboxylic acids is 1. The molecule has 45 heavy (non-hydrogen) atoms. The number of amides is 1. The van der Waals surface area contributed by atoms with Crippen LogP contribution in [0, 0.1) is 6.92 Å². The second-order valence-corrected chi connectivity index (χ2v) is 10.7. The van der Waals surface area contributed by atoms with Gasteiger partial charge in [-0.3, -0.25) is 4.79 Å². The second-order valence-electron chi connectivity index (χ2n) is 10.7. The highest BCUT2D eigenvalue weighted by Gasteiger charge is 2.25. The third-order valence-electron chi connectivity index (χ3n) is 7.57. The number of hydrogen-bond donors (Lipinski definition) is 1. The molecule has 0 radical (unpaired) electrons. The van der Waals surface area contributed by atoms with Gasteiger partial charge in [-0.05, 0) is 55.0 Å². The summed E-state index contributed by atoms with van der Waals surface area (Å²) in [4.78, 5) is 23.8. The number of nitrogens with one attached hydrogen (secondary N) is 1. The average Bonchev–Trinajstić information content (AvgIpc) is 3.06. The van der Waals surface area contributed by atoms with Gasteiger partial charge in [0.05, 0.1) is 25.8 Å². The average molecular weight is 617 g/mol. The van der Waals surface area contributed by atoms with Crippen LogP contribution in [0.5, 0.6) is 23.0 Å². The molecule has 238 valence electrons. The molecule has 0 atom stereocenters. The maximum Gasteiger partial charge on any atom is 0.253 e. The third kappa shape index (κ3) is 8.11. The van der Waals surface area contributed by atoms with Crippen LogP contribution in [0.15, 0.2) is 60.9 Å². The summed E-state index contributed by atoms with van der Waals surface area (Å²) in [6.45, 7) is 4.94. The van der Waals surface area contributed by atoms with Gasteiger partial charge in [0.15, 0.2) is 11.5 Å². The number of fused-ring (bicyclic) bond motifs is 1. The van der Waals surface area contributed by atoms with Gasteiger partial charge in [-0.15, -0.1) is 0 Å². The molecule has 1 saturated heterocycles. The van der Waals surface area contributed by atoms with Crippen molar-refractivity contribution in [3.63, 3.8) is 0 Å². The van der Waals surface area contributed by atoms with Crippen LogP contribution in [0.2, 0.25) is 0 Å². The fourth-order valence-electron chi connectivity index (χ4n) is 5.15. The van der Waals surface area contributed by atoms with E-state index in [1.54, 1.807) is 27.4 Å². The zero-order valence-corrected chi connectivity index (χ0v) is 26.2. The van der Waals surface area contributed by atoms with Crippen molar-refractivity contribution in [2.24, 2.45) is 0 Å². The lowest BCUT2D eigenvalue weighted by molar-refractivity contribution is 0.0594. The highest BCUT2D eigenvalue weighted by molar-refractivity contribution is 5.95. The van der Waals surface area contributed by atoms with Gasteiger partial charge in [0.1, 0.15) is 43.0 Å². The molecule has 4 aromatic rings. The van der Waals surface area contributed by atoms with Gasteiger partial charge >= 0.3 is 0 Å². The summed E-state index contributed by atoms with van der Waals surface area (Å²) in [7, 11) is 4.86. The Morgan fingerprint density at radius 2 is 1.60 bits per heavy atom. The molecule has 1 N–H and O–H groups in total. The summed E-state index contributed by atoms with van der Waals surface area (Å²) in [5.41, 5.74) is 3.20. The fourth-order valence-corrected chi connectivity index (χ4v) is 5.15. The van der Waals surface area contributed by atoms with Gasteiger partial charge < -0.3 is 38.6 Å². The first-order valence-electron chi connectivity index (χ1n) is 15.0. The van der Waals surface area contributed by atoms with Crippen molar-refractivity contribution < 1.29 is 33.2 Å². The number of carbonyl (C=O) groups is 1. The lowest BCUT2D eigenvalue weighted by atomic mass is 10.1. The number of hydrogen-bond acceptors (Lipinski definition) is 10. The van der Waals surface area contributed by atoms with Gasteiger partial charge in [0, 0.05) is 62.9 Å². The Balaban J connectivity index is 1.24. The van der Waals surface area contributed by atoms with E-state index < -0.39 is 0 Å². The van der Waals surface area contributed by atoms with Gasteiger partial charge in [-0.2, -0.15) is 0 Å². The first-order chi connectivity index (χ1) is 22.0. The number of likely N-dealkylation sites (tertiary alicyclic amines) is 1. The Morgan fingerprint density at radius 1 is 0.867 bits per heavy atom. The van der Waals surface area contributed by atoms with Crippen LogP contribution in [-0.4, -0.2) is 87.7 Å². The van der Waals surface area contributed by atoms with Crippen LogP contribution < -0.4 is 24.3 Å². The van der Waals surface area contributed by atoms with Crippen LogP contribution in [-0.2, 0) is 9.47 Å². The lowest BCUT2D eigenvalue weighted by Gasteiger charge is -2.32. The number of rotatable bonds is 14. The summed E-state index contributed by atoms with van der Waals surface area (Å²) in [5.74, 6) is 3.30. The van der Waals surface area contributed by atoms with Crippen molar-refractivity contribution in [1.29, 1.82) is 0 Å². The van der Waals surface area contributed by atoms with Crippen LogP contribution in [0.3, 0.4) is 0 Å². The summed E-state index contributed by atoms with van der Waals surface area (Å²) in [6.07, 6.45) is 3.06. The van der Waals surface area contributed by atoms with Crippen molar-refractivity contribution in [2.45, 2.75) is 25.9 Å². The molecule has 3 aromatic carbocycles. The molecule has 0 saturated carbocycles. The summed E-state index contributed by atoms with van der Waals surface area (Å²) >= 11 is 0. The SMILES string of the molecule is COCCOc1cc2ncnc(Nc3ccc(OC4CCN(C(=O)c5cccc(OC)c5)CC4)c(C)c3)c2cc1OCCOC. The molecule has 1 fully saturated rings. The van der Waals surface area contributed by atoms with Gasteiger partial charge in [0.2, 0.25) is 0 Å². The van der Waals surface area contributed by atoms with Crippen molar-refractivity contribution in [3.05, 3.63) is 72.1 Å². The van der Waals surface area contributed by atoms with Crippen molar-refractivity contribution in [1.82, 2.24) is 14.9 Å². The Morgan fingerprint density at radius 3 is 2.29 bits per heavy atom. The van der Waals surface area contributed by atoms with Crippen LogP contribution in [0.1, 0.15) is 28.8 Å². The van der Waals surface area contributed by atoms with Crippen molar-refractivity contribution in [3.8, 4) is 23.0 Å². The standard InChI is InChI=1S/C34H40N4O7/c1-23-18-25(8-9-30(23)45-26-10-12-38(13-11-26)34(39)24-6-5-7-27(19-24)42-4)37-33-28-20-31(43-16-14-40-2)32(44-17-15-41-3)21-29(28)35-22-36-33/h5-9,18-22,26H,10-17H2,1-4H3,(H,35,36,37). The van der Waals surface area contributed by atoms with E-state index >= 15 is 0 Å². The predicted molar refractivity (Wildman–Crippen MR) is 171 cm³/mol. The van der Waals surface area contributed by atoms with Crippen LogP contribution >= 0.6 is 0 Å². The molecule has 11 nitrogen and oxygen atoms in total. The number of aryl methyl sites for hydroxylation is 1. The molecular weight excluding hydrogens is 576 g/mol. The molecular formula is C34H40N4O7. The summed E-state index contributed by atoms with van der Waals surface area (Å²) < 4.78 is 33.8. The van der Waals surface area contributed by atoms with E-state index in [0.717, 1.165) is 35.2 Å². The van der Waals surface area contributed by atoms with E-state index in [4.69, 9.17) is 28.4 Å². The number of aromatic nitrogens is 2. The molecule has 0 spiro atoms. The van der Waals surface area contributed by atoms with Gasteiger partial charge in [-0.25, -0.2) is 9.97 Å². The number of nitrogens with zero attached hydrogens (tertiary/aromatic N) is 3. The minimum absolute atomic E-state index is 0.0136. The van der Waals surface area contributed by atoms with Crippen molar-refractivity contribution >= 4 is 28.3 Å². The maximum absolute atomic E-state index is 13.0. The number of anilines is 2. The fraction of sp³-hybridized carbons (Fsp3) is 0.382. The maximum atomic E-state index is 13.0. The predicted octanol–water partition coefficient (Wildman–Crippen LogP) is 5.42. The molecule has 0 bridgehead atoms. The van der Waals surface area contributed by atoms with Crippen LogP contribution in [0.25, 0.3) is 10.9 Å². The Labute approximate surface area is 263 Å². The first-order valence-corrected chi connectivity index (χ1v) is 15.0. The second kappa shape index (κ2) is 15.4. The number of benzene rings is 3. The van der Waals surface area contributed by atoms with E-state index in [9.17, 15) is 4.79 Å². The van der Waals surface area contributed by atoms with Gasteiger partial charge in [0.25, 0.3) is 5.91 Å². The van der Waals surface area contributed by atoms with E-state index in [-0.39, 0.29) is 12.0 Å². The van der Waals surface area contributed by atoms with Gasteiger partial charge in [-0.1, -0.05) is 6.07 Å². The van der Waals surface area contributed by atoms with Crippen LogP contribution in [0.4, 0.5) is 11.5 Å². The quantitative estimate of drug-likeness (QED) is 0.184. The largest absolute Gasteiger partial charge is 0.497 e. The minimum atomic E-state index is 0.0136. The molecule has 1 amide bonds. The Bertz CT molecular complexity index is 1590. The normalized spacial score (nSPS) is 13.5. The Hall–Kier alpha value is -4.61. The molecule has 0 unspecified atom stereocenters. The Kier molecular flexibility index (Phi) is 10.9. The number of methoxy groups -OCH3 is 3. The monoisotopic (exact) mass is 616 g/mol. The molecule has 0 aliphatic carbocycles. The molecule has 11 heteroatoms. The number of ether oxygens (including phenoxy) is 6. The highest BCUT2D eigenvalue weighted by Crippen LogP contribution is 2.36. The molecule has 2 heterocycles.